The zero-order valence-corrected chi connectivity index (χ0v) is 16.2. The van der Waals surface area contributed by atoms with Crippen LogP contribution in [0.25, 0.3) is 0 Å². The lowest BCUT2D eigenvalue weighted by molar-refractivity contribution is -0.0636. The number of hydrogen-bond donors (Lipinski definition) is 2. The highest BCUT2D eigenvalue weighted by molar-refractivity contribution is 5.76. The van der Waals surface area contributed by atoms with Crippen molar-refractivity contribution in [3.05, 3.63) is 23.9 Å². The lowest BCUT2D eigenvalue weighted by Crippen LogP contribution is -2.60. The Morgan fingerprint density at radius 3 is 3.04 bits per heavy atom. The van der Waals surface area contributed by atoms with Crippen molar-refractivity contribution < 1.29 is 14.3 Å². The number of hydrogen-bond acceptors (Lipinski definition) is 7. The number of alkyl carbamates (subject to hydrolysis) is 1. The summed E-state index contributed by atoms with van der Waals surface area (Å²) < 4.78 is 13.1. The minimum Gasteiger partial charge on any atom is -0.446 e. The standard InChI is InChI=1S/C19H26N6O3/c1-3-11-6-12(28-18(26)22-19(2)9-27-10-19)7-13(11)17-24-23-15-8-21-16-14(25(15)17)4-5-20-16/h4-5,8,11-14,16,20H,3,6-7,9-10H2,1-2H3,(H,22,26)/t11-,12+,13+,14?,16?/m1/s1. The average Bonchev–Trinajstić information content (AvgIpc) is 3.36. The van der Waals surface area contributed by atoms with Gasteiger partial charge in [0.15, 0.2) is 5.82 Å². The molecule has 3 aliphatic heterocycles. The Hall–Kier alpha value is -2.42. The fourth-order valence-electron chi connectivity index (χ4n) is 4.77. The van der Waals surface area contributed by atoms with E-state index in [9.17, 15) is 4.79 Å². The van der Waals surface area contributed by atoms with Gasteiger partial charge in [-0.05, 0) is 38.0 Å². The zero-order chi connectivity index (χ0) is 19.3. The van der Waals surface area contributed by atoms with Crippen LogP contribution in [0.3, 0.4) is 0 Å². The Bertz CT molecular complexity index is 830. The summed E-state index contributed by atoms with van der Waals surface area (Å²) in [5.74, 6) is 2.39. The molecule has 0 aromatic carbocycles. The number of carbonyl (C=O) groups is 1. The summed E-state index contributed by atoms with van der Waals surface area (Å²) in [5, 5.41) is 15.1. The Balaban J connectivity index is 1.32. The maximum atomic E-state index is 12.3. The first kappa shape index (κ1) is 17.7. The smallest absolute Gasteiger partial charge is 0.407 e. The van der Waals surface area contributed by atoms with Gasteiger partial charge in [-0.2, -0.15) is 0 Å². The molecule has 9 heteroatoms. The van der Waals surface area contributed by atoms with Crippen molar-refractivity contribution >= 4 is 12.3 Å². The molecule has 1 saturated heterocycles. The van der Waals surface area contributed by atoms with E-state index >= 15 is 0 Å². The highest BCUT2D eigenvalue weighted by atomic mass is 16.6. The van der Waals surface area contributed by atoms with E-state index in [1.807, 2.05) is 13.1 Å². The Kier molecular flexibility index (Phi) is 4.15. The molecule has 5 atom stereocenters. The summed E-state index contributed by atoms with van der Waals surface area (Å²) in [6.07, 6.45) is 8.00. The van der Waals surface area contributed by atoms with Crippen LogP contribution in [0.15, 0.2) is 17.3 Å². The third-order valence-corrected chi connectivity index (χ3v) is 6.31. The monoisotopic (exact) mass is 386 g/mol. The van der Waals surface area contributed by atoms with Gasteiger partial charge in [0.25, 0.3) is 0 Å². The molecule has 0 bridgehead atoms. The highest BCUT2D eigenvalue weighted by Gasteiger charge is 2.43. The van der Waals surface area contributed by atoms with Crippen LogP contribution in [0.2, 0.25) is 0 Å². The molecule has 150 valence electrons. The summed E-state index contributed by atoms with van der Waals surface area (Å²) in [7, 11) is 0. The van der Waals surface area contributed by atoms with Crippen molar-refractivity contribution in [2.45, 2.75) is 62.9 Å². The van der Waals surface area contributed by atoms with E-state index in [0.29, 0.717) is 19.1 Å². The minimum atomic E-state index is -0.357. The van der Waals surface area contributed by atoms with Gasteiger partial charge in [-0.25, -0.2) is 4.79 Å². The lowest BCUT2D eigenvalue weighted by atomic mass is 9.92. The van der Waals surface area contributed by atoms with E-state index in [2.05, 4.69) is 43.4 Å². The van der Waals surface area contributed by atoms with Gasteiger partial charge in [0.2, 0.25) is 0 Å². The molecule has 1 aromatic rings. The van der Waals surface area contributed by atoms with Crippen molar-refractivity contribution in [2.75, 3.05) is 13.2 Å². The van der Waals surface area contributed by atoms with Gasteiger partial charge in [0.05, 0.1) is 31.0 Å². The lowest BCUT2D eigenvalue weighted by Gasteiger charge is -2.38. The van der Waals surface area contributed by atoms with E-state index < -0.39 is 0 Å². The van der Waals surface area contributed by atoms with E-state index in [1.165, 1.54) is 0 Å². The van der Waals surface area contributed by atoms with Crippen LogP contribution in [0.1, 0.15) is 56.7 Å². The van der Waals surface area contributed by atoms with Crippen molar-refractivity contribution in [1.29, 1.82) is 0 Å². The summed E-state index contributed by atoms with van der Waals surface area (Å²) in [6.45, 7) is 5.21. The predicted octanol–water partition coefficient (Wildman–Crippen LogP) is 1.48. The number of nitrogens with zero attached hydrogens (tertiary/aromatic N) is 4. The molecule has 2 unspecified atom stereocenters. The number of aromatic nitrogens is 3. The van der Waals surface area contributed by atoms with Crippen molar-refractivity contribution in [3.8, 4) is 0 Å². The van der Waals surface area contributed by atoms with Crippen LogP contribution < -0.4 is 10.6 Å². The first-order valence-electron chi connectivity index (χ1n) is 10.0. The second-order valence-corrected chi connectivity index (χ2v) is 8.48. The highest BCUT2D eigenvalue weighted by Crippen LogP contribution is 2.43. The number of amides is 1. The molecular formula is C19H26N6O3. The second-order valence-electron chi connectivity index (χ2n) is 8.48. The quantitative estimate of drug-likeness (QED) is 0.813. The number of nitrogens with one attached hydrogen (secondary N) is 2. The maximum Gasteiger partial charge on any atom is 0.407 e. The van der Waals surface area contributed by atoms with E-state index in [1.54, 1.807) is 6.21 Å². The first-order valence-corrected chi connectivity index (χ1v) is 10.0. The Morgan fingerprint density at radius 1 is 1.43 bits per heavy atom. The number of rotatable bonds is 4. The van der Waals surface area contributed by atoms with E-state index in [4.69, 9.17) is 9.47 Å². The van der Waals surface area contributed by atoms with Crippen molar-refractivity contribution in [1.82, 2.24) is 25.4 Å². The fourth-order valence-corrected chi connectivity index (χ4v) is 4.77. The van der Waals surface area contributed by atoms with Crippen LogP contribution in [-0.2, 0) is 9.47 Å². The van der Waals surface area contributed by atoms with Crippen molar-refractivity contribution in [3.63, 3.8) is 0 Å². The van der Waals surface area contributed by atoms with Crippen LogP contribution >= 0.6 is 0 Å². The number of carbonyl (C=O) groups excluding carboxylic acids is 1. The molecule has 4 heterocycles. The molecule has 28 heavy (non-hydrogen) atoms. The Labute approximate surface area is 163 Å². The van der Waals surface area contributed by atoms with Crippen molar-refractivity contribution in [2.24, 2.45) is 10.9 Å². The Morgan fingerprint density at radius 2 is 2.29 bits per heavy atom. The molecule has 1 amide bonds. The summed E-state index contributed by atoms with van der Waals surface area (Å²) in [4.78, 5) is 16.8. The van der Waals surface area contributed by atoms with E-state index in [-0.39, 0.29) is 35.9 Å². The molecule has 0 spiro atoms. The molecular weight excluding hydrogens is 360 g/mol. The summed E-state index contributed by atoms with van der Waals surface area (Å²) in [5.41, 5.74) is -0.304. The van der Waals surface area contributed by atoms with Crippen LogP contribution in [0.4, 0.5) is 4.79 Å². The summed E-state index contributed by atoms with van der Waals surface area (Å²) in [6, 6.07) is 0.101. The zero-order valence-electron chi connectivity index (χ0n) is 16.2. The van der Waals surface area contributed by atoms with Crippen LogP contribution in [-0.4, -0.2) is 58.1 Å². The number of aliphatic imine (C=N–C) groups is 1. The molecule has 4 aliphatic rings. The topological polar surface area (TPSA) is 103 Å². The van der Waals surface area contributed by atoms with Gasteiger partial charge in [-0.1, -0.05) is 13.3 Å². The number of fused-ring (bicyclic) bond motifs is 3. The molecule has 0 radical (unpaired) electrons. The van der Waals surface area contributed by atoms with Crippen LogP contribution in [0, 0.1) is 5.92 Å². The van der Waals surface area contributed by atoms with Gasteiger partial charge in [-0.15, -0.1) is 10.2 Å². The predicted molar refractivity (Wildman–Crippen MR) is 101 cm³/mol. The molecule has 5 rings (SSSR count). The third kappa shape index (κ3) is 2.88. The first-order chi connectivity index (χ1) is 13.6. The normalized spacial score (nSPS) is 34.3. The van der Waals surface area contributed by atoms with Crippen LogP contribution in [0.5, 0.6) is 0 Å². The van der Waals surface area contributed by atoms with Gasteiger partial charge < -0.3 is 20.1 Å². The fraction of sp³-hybridized carbons (Fsp3) is 0.684. The van der Waals surface area contributed by atoms with Gasteiger partial charge in [-0.3, -0.25) is 9.56 Å². The van der Waals surface area contributed by atoms with Gasteiger partial charge in [0.1, 0.15) is 18.1 Å². The van der Waals surface area contributed by atoms with Gasteiger partial charge >= 0.3 is 6.09 Å². The average molecular weight is 386 g/mol. The minimum absolute atomic E-state index is 0.00648. The molecule has 1 saturated carbocycles. The molecule has 1 aromatic heterocycles. The largest absolute Gasteiger partial charge is 0.446 e. The molecule has 2 fully saturated rings. The van der Waals surface area contributed by atoms with E-state index in [0.717, 1.165) is 30.9 Å². The third-order valence-electron chi connectivity index (χ3n) is 6.31. The van der Waals surface area contributed by atoms with Gasteiger partial charge in [0, 0.05) is 5.92 Å². The molecule has 1 aliphatic carbocycles. The summed E-state index contributed by atoms with van der Waals surface area (Å²) >= 11 is 0. The number of ether oxygens (including phenoxy) is 2. The molecule has 2 N–H and O–H groups in total. The maximum absolute atomic E-state index is 12.3. The molecule has 9 nitrogen and oxygen atoms in total. The second kappa shape index (κ2) is 6.58. The SMILES string of the molecule is CC[C@@H]1C[C@H](OC(=O)NC2(C)COC2)C[C@@H]1c1nnc2n1C1C=CNC1N=C2.